The molecule has 0 aromatic heterocycles. The Morgan fingerprint density at radius 2 is 1.38 bits per heavy atom. The van der Waals surface area contributed by atoms with Gasteiger partial charge in [0, 0.05) is 31.2 Å². The van der Waals surface area contributed by atoms with Crippen LogP contribution in [0, 0.1) is 56.2 Å². The van der Waals surface area contributed by atoms with Gasteiger partial charge in [0.05, 0.1) is 5.41 Å². The first-order valence-electron chi connectivity index (χ1n) is 24.5. The summed E-state index contributed by atoms with van der Waals surface area (Å²) in [4.78, 5) is 62.0. The van der Waals surface area contributed by atoms with Gasteiger partial charge in [-0.3, -0.25) is 19.2 Å². The zero-order chi connectivity index (χ0) is 45.0. The van der Waals surface area contributed by atoms with Gasteiger partial charge in [-0.25, -0.2) is 4.79 Å². The third-order valence-electron chi connectivity index (χ3n) is 17.9. The Bertz CT molecular complexity index is 1630. The second kappa shape index (κ2) is 19.5. The summed E-state index contributed by atoms with van der Waals surface area (Å²) in [6, 6.07) is -0.832. The van der Waals surface area contributed by atoms with Gasteiger partial charge in [0.2, 0.25) is 11.8 Å². The number of allylic oxidation sites excluding steroid dienone is 2. The molecule has 9 atom stereocenters. The monoisotopic (exact) mass is 853 g/mol. The van der Waals surface area contributed by atoms with Crippen LogP contribution in [0.15, 0.2) is 11.6 Å². The quantitative estimate of drug-likeness (QED) is 0.0535. The summed E-state index contributed by atoms with van der Waals surface area (Å²) in [5.41, 5.74) is 1.47. The summed E-state index contributed by atoms with van der Waals surface area (Å²) >= 11 is 0. The van der Waals surface area contributed by atoms with Gasteiger partial charge in [0.1, 0.15) is 12.1 Å². The maximum Gasteiger partial charge on any atom is 0.326 e. The number of carboxylic acid groups (broad SMARTS) is 2. The summed E-state index contributed by atoms with van der Waals surface area (Å²) in [5, 5.41) is 24.5. The van der Waals surface area contributed by atoms with Gasteiger partial charge in [-0.05, 0) is 129 Å². The molecule has 4 N–H and O–H groups in total. The summed E-state index contributed by atoms with van der Waals surface area (Å²) < 4.78 is 6.15. The highest BCUT2D eigenvalue weighted by Crippen LogP contribution is 2.76. The number of rotatable bonds is 20. The Hall–Kier alpha value is -2.91. The molecule has 2 amide bonds. The lowest BCUT2D eigenvalue weighted by Gasteiger charge is -2.71. The maximum atomic E-state index is 14.6. The Labute approximate surface area is 368 Å². The first kappa shape index (κ1) is 49.1. The molecular weight excluding hydrogens is 769 g/mol. The van der Waals surface area contributed by atoms with Crippen LogP contribution in [0.1, 0.15) is 204 Å². The predicted molar refractivity (Wildman–Crippen MR) is 239 cm³/mol. The normalized spacial score (nSPS) is 34.0. The van der Waals surface area contributed by atoms with E-state index < -0.39 is 18.0 Å². The van der Waals surface area contributed by atoms with E-state index in [1.807, 2.05) is 0 Å². The molecule has 0 aromatic carbocycles. The molecule has 0 aliphatic heterocycles. The summed E-state index contributed by atoms with van der Waals surface area (Å²) in [6.07, 6.45) is 21.8. The zero-order valence-electron chi connectivity index (χ0n) is 39.6. The Kier molecular flexibility index (Phi) is 15.7. The fraction of sp³-hybridized carbons (Fsp3) is 0.863. The van der Waals surface area contributed by atoms with Crippen LogP contribution < -0.4 is 10.6 Å². The van der Waals surface area contributed by atoms with E-state index in [4.69, 9.17) is 9.84 Å². The van der Waals surface area contributed by atoms with Crippen molar-refractivity contribution in [3.8, 4) is 0 Å². The van der Waals surface area contributed by atoms with E-state index in [0.29, 0.717) is 24.7 Å². The lowest BCUT2D eigenvalue weighted by atomic mass is 9.33. The van der Waals surface area contributed by atoms with E-state index >= 15 is 0 Å². The molecule has 0 aromatic rings. The third kappa shape index (κ3) is 10.2. The molecule has 5 rings (SSSR count). The van der Waals surface area contributed by atoms with Crippen LogP contribution in [0.2, 0.25) is 0 Å². The van der Waals surface area contributed by atoms with Crippen LogP contribution in [0.5, 0.6) is 0 Å². The van der Waals surface area contributed by atoms with Crippen molar-refractivity contribution in [1.29, 1.82) is 0 Å². The van der Waals surface area contributed by atoms with Crippen molar-refractivity contribution in [1.82, 2.24) is 10.6 Å². The van der Waals surface area contributed by atoms with E-state index in [-0.39, 0.29) is 81.1 Å². The maximum absolute atomic E-state index is 14.6. The van der Waals surface area contributed by atoms with Crippen molar-refractivity contribution in [3.63, 3.8) is 0 Å². The molecule has 10 nitrogen and oxygen atoms in total. The highest BCUT2D eigenvalue weighted by Gasteiger charge is 2.69. The molecule has 3 unspecified atom stereocenters. The molecule has 4 fully saturated rings. The standard InChI is InChI=1S/C51H84N2O8/c1-34(2)43(44(58)59)53-40(54)19-16-14-12-10-11-13-15-17-32-52-45(60)51-30-28-46(3,4)33-36(51)35-22-23-38-48(7)26-25-39(61-42(57)21-18-20-41(55)56)47(5,6)37(48)24-27-50(38,9)49(35,8)29-31-51/h22,34,36-39,43H,10-21,23-33H2,1-9H3,(H,52,60)(H,53,54)(H,55,56)(H,58,59)/t36?,37?,38?,39-,43-,48-,49+,50+,51-/m0/s1. The molecule has 0 bridgehead atoms. The van der Waals surface area contributed by atoms with Crippen LogP contribution in [0.4, 0.5) is 0 Å². The second-order valence-corrected chi connectivity index (χ2v) is 22.9. The molecule has 4 saturated carbocycles. The fourth-order valence-corrected chi connectivity index (χ4v) is 14.0. The Balaban J connectivity index is 1.15. The van der Waals surface area contributed by atoms with Gasteiger partial charge in [-0.1, -0.05) is 112 Å². The topological polar surface area (TPSA) is 159 Å². The minimum atomic E-state index is -0.984. The van der Waals surface area contributed by atoms with Crippen molar-refractivity contribution in [3.05, 3.63) is 11.6 Å². The summed E-state index contributed by atoms with van der Waals surface area (Å²) in [7, 11) is 0. The number of carboxylic acids is 2. The molecule has 0 saturated heterocycles. The SMILES string of the molecule is CC(C)[C@H](NC(=O)CCCCCCCCCCNC(=O)[C@]12CCC(C)(C)CC1C1=CCC3[C@@]4(C)CC[C@H](OC(=O)CCCC(=O)O)C(C)(C)C4CC[C@@]3(C)[C@]1(C)CC2)C(=O)O. The molecule has 10 heteroatoms. The van der Waals surface area contributed by atoms with Crippen LogP contribution in [-0.2, 0) is 28.7 Å². The van der Waals surface area contributed by atoms with E-state index in [0.717, 1.165) is 122 Å². The minimum Gasteiger partial charge on any atom is -0.481 e. The lowest BCUT2D eigenvalue weighted by molar-refractivity contribution is -0.213. The molecular formula is C51H84N2O8. The van der Waals surface area contributed by atoms with E-state index in [9.17, 15) is 29.1 Å². The average molecular weight is 853 g/mol. The van der Waals surface area contributed by atoms with Crippen molar-refractivity contribution in [2.75, 3.05) is 6.54 Å². The fourth-order valence-electron chi connectivity index (χ4n) is 14.0. The minimum absolute atomic E-state index is 0.0160. The molecule has 0 spiro atoms. The van der Waals surface area contributed by atoms with Crippen molar-refractivity contribution in [2.24, 2.45) is 56.2 Å². The lowest BCUT2D eigenvalue weighted by Crippen LogP contribution is -2.65. The number of aliphatic carboxylic acids is 2. The molecule has 346 valence electrons. The van der Waals surface area contributed by atoms with Gasteiger partial charge < -0.3 is 25.6 Å². The largest absolute Gasteiger partial charge is 0.481 e. The van der Waals surface area contributed by atoms with Gasteiger partial charge >= 0.3 is 17.9 Å². The van der Waals surface area contributed by atoms with Gasteiger partial charge in [0.25, 0.3) is 0 Å². The highest BCUT2D eigenvalue weighted by atomic mass is 16.5. The van der Waals surface area contributed by atoms with Crippen LogP contribution >= 0.6 is 0 Å². The average Bonchev–Trinajstić information content (AvgIpc) is 3.16. The summed E-state index contributed by atoms with van der Waals surface area (Å²) in [6.45, 7) is 21.4. The smallest absolute Gasteiger partial charge is 0.326 e. The molecule has 0 radical (unpaired) electrons. The first-order chi connectivity index (χ1) is 28.5. The van der Waals surface area contributed by atoms with Crippen molar-refractivity contribution in [2.45, 2.75) is 216 Å². The van der Waals surface area contributed by atoms with Gasteiger partial charge in [0.15, 0.2) is 0 Å². The number of fused-ring (bicyclic) bond motifs is 7. The van der Waals surface area contributed by atoms with E-state index in [2.05, 4.69) is 65.2 Å². The Morgan fingerprint density at radius 1 is 0.738 bits per heavy atom. The Morgan fingerprint density at radius 3 is 2.02 bits per heavy atom. The number of carbonyl (C=O) groups excluding carboxylic acids is 3. The zero-order valence-corrected chi connectivity index (χ0v) is 39.6. The van der Waals surface area contributed by atoms with Crippen LogP contribution in [0.25, 0.3) is 0 Å². The third-order valence-corrected chi connectivity index (χ3v) is 17.9. The number of nitrogens with one attached hydrogen (secondary N) is 2. The molecule has 0 heterocycles. The number of hydrogen-bond acceptors (Lipinski definition) is 6. The highest BCUT2D eigenvalue weighted by molar-refractivity contribution is 5.84. The molecule has 61 heavy (non-hydrogen) atoms. The van der Waals surface area contributed by atoms with Crippen molar-refractivity contribution >= 4 is 29.7 Å². The first-order valence-corrected chi connectivity index (χ1v) is 24.5. The predicted octanol–water partition coefficient (Wildman–Crippen LogP) is 10.8. The number of esters is 1. The van der Waals surface area contributed by atoms with Gasteiger partial charge in [-0.15, -0.1) is 0 Å². The number of unbranched alkanes of at least 4 members (excludes halogenated alkanes) is 7. The van der Waals surface area contributed by atoms with Crippen LogP contribution in [0.3, 0.4) is 0 Å². The van der Waals surface area contributed by atoms with E-state index in [1.54, 1.807) is 19.4 Å². The number of ether oxygens (including phenoxy) is 1. The molecule has 5 aliphatic carbocycles. The van der Waals surface area contributed by atoms with Gasteiger partial charge in [-0.2, -0.15) is 0 Å². The number of carbonyl (C=O) groups is 5. The number of amides is 2. The van der Waals surface area contributed by atoms with Crippen molar-refractivity contribution < 1.29 is 38.9 Å². The summed E-state index contributed by atoms with van der Waals surface area (Å²) in [5.74, 6) is -1.00. The second-order valence-electron chi connectivity index (χ2n) is 22.9. The van der Waals surface area contributed by atoms with Crippen LogP contribution in [-0.4, -0.2) is 58.6 Å². The molecule has 5 aliphatic rings. The van der Waals surface area contributed by atoms with E-state index in [1.165, 1.54) is 0 Å². The number of hydrogen-bond donors (Lipinski definition) is 4.